The second kappa shape index (κ2) is 7.88. The Balaban J connectivity index is 2.79. The molecule has 0 saturated heterocycles. The summed E-state index contributed by atoms with van der Waals surface area (Å²) in [5.41, 5.74) is 5.44. The minimum Gasteiger partial charge on any atom is -0.444 e. The highest BCUT2D eigenvalue weighted by Crippen LogP contribution is 2.26. The summed E-state index contributed by atoms with van der Waals surface area (Å²) in [4.78, 5) is 23.5. The number of amides is 2. The normalized spacial score (nSPS) is 13.8. The average molecular weight is 407 g/mol. The molecule has 4 N–H and O–H groups in total. The van der Waals surface area contributed by atoms with Crippen LogP contribution in [0.5, 0.6) is 0 Å². The zero-order chi connectivity index (χ0) is 17.8. The number of primary amides is 1. The third kappa shape index (κ3) is 6.66. The van der Waals surface area contributed by atoms with E-state index in [2.05, 4.69) is 26.6 Å². The van der Waals surface area contributed by atoms with Gasteiger partial charge in [0, 0.05) is 10.2 Å². The van der Waals surface area contributed by atoms with Gasteiger partial charge in [-0.15, -0.1) is 0 Å². The number of rotatable bonds is 5. The lowest BCUT2D eigenvalue weighted by atomic mass is 10.1. The van der Waals surface area contributed by atoms with Crippen molar-refractivity contribution in [3.05, 3.63) is 27.7 Å². The van der Waals surface area contributed by atoms with Gasteiger partial charge in [-0.05, 0) is 61.8 Å². The third-order valence-corrected chi connectivity index (χ3v) is 4.01. The molecule has 1 rings (SSSR count). The van der Waals surface area contributed by atoms with E-state index in [1.165, 1.54) is 0 Å². The van der Waals surface area contributed by atoms with Crippen molar-refractivity contribution in [1.29, 1.82) is 0 Å². The Labute approximate surface area is 149 Å². The zero-order valence-corrected chi connectivity index (χ0v) is 15.8. The highest BCUT2D eigenvalue weighted by atomic mass is 79.9. The van der Waals surface area contributed by atoms with E-state index >= 15 is 0 Å². The van der Waals surface area contributed by atoms with Crippen LogP contribution >= 0.6 is 27.5 Å². The molecule has 0 bridgehead atoms. The van der Waals surface area contributed by atoms with E-state index in [0.717, 1.165) is 0 Å². The Kier molecular flexibility index (Phi) is 6.70. The fourth-order valence-corrected chi connectivity index (χ4v) is 2.28. The molecule has 0 fully saturated rings. The Bertz CT molecular complexity index is 590. The second-order valence-electron chi connectivity index (χ2n) is 6.09. The average Bonchev–Trinajstić information content (AvgIpc) is 2.37. The maximum atomic E-state index is 11.8. The van der Waals surface area contributed by atoms with Crippen LogP contribution in [0.4, 0.5) is 10.5 Å². The topological polar surface area (TPSA) is 93.4 Å². The number of carbonyl (C=O) groups excluding carboxylic acids is 2. The first-order valence-corrected chi connectivity index (χ1v) is 8.17. The molecule has 0 heterocycles. The number of carbonyl (C=O) groups is 2. The van der Waals surface area contributed by atoms with Crippen LogP contribution in [-0.2, 0) is 9.53 Å². The first-order valence-electron chi connectivity index (χ1n) is 7.00. The lowest BCUT2D eigenvalue weighted by Crippen LogP contribution is -2.52. The van der Waals surface area contributed by atoms with Gasteiger partial charge >= 0.3 is 6.09 Å². The van der Waals surface area contributed by atoms with E-state index < -0.39 is 29.7 Å². The molecule has 0 aliphatic heterocycles. The van der Waals surface area contributed by atoms with Crippen LogP contribution in [0.25, 0.3) is 0 Å². The zero-order valence-electron chi connectivity index (χ0n) is 13.4. The molecular weight excluding hydrogens is 386 g/mol. The monoisotopic (exact) mass is 405 g/mol. The lowest BCUT2D eigenvalue weighted by molar-refractivity contribution is -0.119. The van der Waals surface area contributed by atoms with Gasteiger partial charge in [-0.1, -0.05) is 11.6 Å². The summed E-state index contributed by atoms with van der Waals surface area (Å²) in [5, 5.41) is 6.13. The molecule has 2 amide bonds. The van der Waals surface area contributed by atoms with Gasteiger partial charge in [0.15, 0.2) is 0 Å². The van der Waals surface area contributed by atoms with E-state index in [9.17, 15) is 9.59 Å². The van der Waals surface area contributed by atoms with Crippen molar-refractivity contribution < 1.29 is 14.3 Å². The van der Waals surface area contributed by atoms with Gasteiger partial charge in [0.1, 0.15) is 11.6 Å². The summed E-state index contributed by atoms with van der Waals surface area (Å²) in [5.74, 6) is -0.598. The van der Waals surface area contributed by atoms with Crippen LogP contribution < -0.4 is 16.4 Å². The summed E-state index contributed by atoms with van der Waals surface area (Å²) >= 11 is 9.24. The quantitative estimate of drug-likeness (QED) is 0.699. The lowest BCUT2D eigenvalue weighted by Gasteiger charge is -2.26. The maximum absolute atomic E-state index is 11.8. The fraction of sp³-hybridized carbons (Fsp3) is 0.467. The molecular formula is C15H21BrClN3O3. The van der Waals surface area contributed by atoms with Crippen molar-refractivity contribution in [2.45, 2.75) is 45.4 Å². The van der Waals surface area contributed by atoms with E-state index in [0.29, 0.717) is 15.2 Å². The Morgan fingerprint density at radius 2 is 1.96 bits per heavy atom. The number of ether oxygens (including phenoxy) is 1. The maximum Gasteiger partial charge on any atom is 0.407 e. The molecule has 0 radical (unpaired) electrons. The van der Waals surface area contributed by atoms with Gasteiger partial charge in [-0.2, -0.15) is 0 Å². The van der Waals surface area contributed by atoms with Gasteiger partial charge in [0.25, 0.3) is 0 Å². The Morgan fingerprint density at radius 1 is 1.35 bits per heavy atom. The molecule has 0 spiro atoms. The first-order chi connectivity index (χ1) is 10.5. The number of hydrogen-bond donors (Lipinski definition) is 3. The predicted molar refractivity (Wildman–Crippen MR) is 94.6 cm³/mol. The standard InChI is InChI=1S/C15H21BrClN3O3/c1-8(19-14(22)23-15(2,3)4)12(13(18)21)20-9-5-6-11(17)10(16)7-9/h5-8,12,20H,1-4H3,(H2,18,21)(H,19,22). The van der Waals surface area contributed by atoms with Crippen molar-refractivity contribution in [3.63, 3.8) is 0 Å². The van der Waals surface area contributed by atoms with Crippen LogP contribution in [0, 0.1) is 0 Å². The molecule has 128 valence electrons. The first kappa shape index (κ1) is 19.6. The van der Waals surface area contributed by atoms with Gasteiger partial charge in [-0.3, -0.25) is 4.79 Å². The van der Waals surface area contributed by atoms with E-state index in [1.54, 1.807) is 45.9 Å². The van der Waals surface area contributed by atoms with Crippen molar-refractivity contribution in [3.8, 4) is 0 Å². The summed E-state index contributed by atoms with van der Waals surface area (Å²) in [7, 11) is 0. The summed E-state index contributed by atoms with van der Waals surface area (Å²) in [6.45, 7) is 6.93. The van der Waals surface area contributed by atoms with Crippen LogP contribution in [-0.4, -0.2) is 29.7 Å². The van der Waals surface area contributed by atoms with Crippen molar-refractivity contribution in [2.75, 3.05) is 5.32 Å². The number of benzene rings is 1. The number of hydrogen-bond acceptors (Lipinski definition) is 4. The van der Waals surface area contributed by atoms with Crippen molar-refractivity contribution in [1.82, 2.24) is 5.32 Å². The predicted octanol–water partition coefficient (Wildman–Crippen LogP) is 3.28. The number of anilines is 1. The van der Waals surface area contributed by atoms with Gasteiger partial charge in [0.05, 0.1) is 11.1 Å². The van der Waals surface area contributed by atoms with Crippen molar-refractivity contribution in [2.24, 2.45) is 5.73 Å². The molecule has 2 unspecified atom stereocenters. The fourth-order valence-electron chi connectivity index (χ4n) is 1.78. The minimum absolute atomic E-state index is 0.547. The van der Waals surface area contributed by atoms with Crippen LogP contribution in [0.2, 0.25) is 5.02 Å². The number of halogens is 2. The number of alkyl carbamates (subject to hydrolysis) is 1. The molecule has 0 aromatic heterocycles. The van der Waals surface area contributed by atoms with Gasteiger partial charge < -0.3 is 21.1 Å². The number of nitrogens with one attached hydrogen (secondary N) is 2. The molecule has 1 aromatic rings. The highest BCUT2D eigenvalue weighted by molar-refractivity contribution is 9.10. The number of nitrogens with two attached hydrogens (primary N) is 1. The molecule has 2 atom stereocenters. The molecule has 6 nitrogen and oxygen atoms in total. The summed E-state index contributed by atoms with van der Waals surface area (Å²) in [6, 6.07) is 3.73. The second-order valence-corrected chi connectivity index (χ2v) is 7.35. The summed E-state index contributed by atoms with van der Waals surface area (Å²) < 4.78 is 5.85. The molecule has 23 heavy (non-hydrogen) atoms. The van der Waals surface area contributed by atoms with Crippen molar-refractivity contribution >= 4 is 45.2 Å². The van der Waals surface area contributed by atoms with E-state index in [-0.39, 0.29) is 0 Å². The minimum atomic E-state index is -0.810. The SMILES string of the molecule is CC(NC(=O)OC(C)(C)C)C(Nc1ccc(Cl)c(Br)c1)C(N)=O. The van der Waals surface area contributed by atoms with E-state index in [1.807, 2.05) is 0 Å². The highest BCUT2D eigenvalue weighted by Gasteiger charge is 2.26. The van der Waals surface area contributed by atoms with Gasteiger partial charge in [-0.25, -0.2) is 4.79 Å². The summed E-state index contributed by atoms with van der Waals surface area (Å²) in [6.07, 6.45) is -0.615. The smallest absolute Gasteiger partial charge is 0.407 e. The third-order valence-electron chi connectivity index (χ3n) is 2.79. The van der Waals surface area contributed by atoms with Crippen LogP contribution in [0.15, 0.2) is 22.7 Å². The largest absolute Gasteiger partial charge is 0.444 e. The van der Waals surface area contributed by atoms with Crippen LogP contribution in [0.1, 0.15) is 27.7 Å². The molecule has 0 aliphatic carbocycles. The Morgan fingerprint density at radius 3 is 2.43 bits per heavy atom. The van der Waals surface area contributed by atoms with E-state index in [4.69, 9.17) is 22.1 Å². The molecule has 1 aromatic carbocycles. The Hall–Kier alpha value is -1.47. The van der Waals surface area contributed by atoms with Crippen LogP contribution in [0.3, 0.4) is 0 Å². The van der Waals surface area contributed by atoms with Gasteiger partial charge in [0.2, 0.25) is 5.91 Å². The molecule has 8 heteroatoms. The molecule has 0 saturated carbocycles. The molecule has 0 aliphatic rings.